The lowest BCUT2D eigenvalue weighted by Gasteiger charge is -2.15. The van der Waals surface area contributed by atoms with Crippen molar-refractivity contribution < 1.29 is 19.0 Å². The van der Waals surface area contributed by atoms with Crippen LogP contribution in [0.25, 0.3) is 0 Å². The first-order chi connectivity index (χ1) is 9.65. The number of hydrogen-bond donors (Lipinski definition) is 1. The maximum atomic E-state index is 13.3. The lowest BCUT2D eigenvalue weighted by atomic mass is 9.99. The fourth-order valence-corrected chi connectivity index (χ4v) is 2.06. The van der Waals surface area contributed by atoms with E-state index in [1.54, 1.807) is 19.2 Å². The van der Waals surface area contributed by atoms with E-state index in [1.165, 1.54) is 25.3 Å². The molecule has 0 saturated carbocycles. The third-order valence-corrected chi connectivity index (χ3v) is 3.09. The smallest absolute Gasteiger partial charge is 0.125 e. The third kappa shape index (κ3) is 3.15. The van der Waals surface area contributed by atoms with Crippen LogP contribution in [0.15, 0.2) is 42.5 Å². The third-order valence-electron chi connectivity index (χ3n) is 3.09. The average molecular weight is 276 g/mol. The minimum Gasteiger partial charge on any atom is -0.496 e. The van der Waals surface area contributed by atoms with E-state index in [9.17, 15) is 9.50 Å². The van der Waals surface area contributed by atoms with Crippen LogP contribution in [-0.2, 0) is 11.3 Å². The highest BCUT2D eigenvalue weighted by Crippen LogP contribution is 2.30. The Morgan fingerprint density at radius 1 is 1.10 bits per heavy atom. The zero-order valence-corrected chi connectivity index (χ0v) is 11.5. The second-order valence-corrected chi connectivity index (χ2v) is 4.46. The molecule has 0 amide bonds. The standard InChI is InChI=1S/C16H17FO3/c1-19-10-11-3-5-12(6-4-11)16(18)14-9-13(17)7-8-15(14)20-2/h3-9,16,18H,10H2,1-2H3. The van der Waals surface area contributed by atoms with Crippen molar-refractivity contribution in [3.63, 3.8) is 0 Å². The van der Waals surface area contributed by atoms with E-state index in [1.807, 2.05) is 12.1 Å². The maximum absolute atomic E-state index is 13.3. The number of benzene rings is 2. The number of aliphatic hydroxyl groups is 1. The number of ether oxygens (including phenoxy) is 2. The van der Waals surface area contributed by atoms with Gasteiger partial charge < -0.3 is 14.6 Å². The first kappa shape index (κ1) is 14.5. The van der Waals surface area contributed by atoms with Crippen molar-refractivity contribution in [2.45, 2.75) is 12.7 Å². The Morgan fingerprint density at radius 3 is 2.40 bits per heavy atom. The van der Waals surface area contributed by atoms with Crippen LogP contribution in [0.3, 0.4) is 0 Å². The fourth-order valence-electron chi connectivity index (χ4n) is 2.06. The van der Waals surface area contributed by atoms with E-state index in [0.29, 0.717) is 23.5 Å². The van der Waals surface area contributed by atoms with Crippen molar-refractivity contribution in [1.29, 1.82) is 0 Å². The van der Waals surface area contributed by atoms with Crippen LogP contribution in [0, 0.1) is 5.82 Å². The molecule has 1 unspecified atom stereocenters. The Bertz CT molecular complexity index is 566. The molecule has 1 N–H and O–H groups in total. The molecule has 2 aromatic carbocycles. The van der Waals surface area contributed by atoms with Crippen LogP contribution in [-0.4, -0.2) is 19.3 Å². The second kappa shape index (κ2) is 6.50. The van der Waals surface area contributed by atoms with Gasteiger partial charge in [0.05, 0.1) is 13.7 Å². The molecule has 0 spiro atoms. The van der Waals surface area contributed by atoms with Gasteiger partial charge in [-0.05, 0) is 29.3 Å². The molecule has 0 aliphatic rings. The molecule has 0 saturated heterocycles. The summed E-state index contributed by atoms with van der Waals surface area (Å²) in [5, 5.41) is 10.4. The second-order valence-electron chi connectivity index (χ2n) is 4.46. The van der Waals surface area contributed by atoms with Crippen LogP contribution < -0.4 is 4.74 Å². The maximum Gasteiger partial charge on any atom is 0.125 e. The molecule has 0 heterocycles. The van der Waals surface area contributed by atoms with Crippen LogP contribution in [0.5, 0.6) is 5.75 Å². The van der Waals surface area contributed by atoms with Gasteiger partial charge in [0, 0.05) is 12.7 Å². The summed E-state index contributed by atoms with van der Waals surface area (Å²) >= 11 is 0. The molecule has 0 fully saturated rings. The fraction of sp³-hybridized carbons (Fsp3) is 0.250. The summed E-state index contributed by atoms with van der Waals surface area (Å²) in [6.45, 7) is 0.514. The van der Waals surface area contributed by atoms with E-state index in [-0.39, 0.29) is 0 Å². The van der Waals surface area contributed by atoms with E-state index < -0.39 is 11.9 Å². The number of hydrogen-bond acceptors (Lipinski definition) is 3. The van der Waals surface area contributed by atoms with Gasteiger partial charge in [0.15, 0.2) is 0 Å². The molecule has 20 heavy (non-hydrogen) atoms. The Morgan fingerprint density at radius 2 is 1.80 bits per heavy atom. The van der Waals surface area contributed by atoms with Gasteiger partial charge in [0.2, 0.25) is 0 Å². The van der Waals surface area contributed by atoms with Gasteiger partial charge in [-0.25, -0.2) is 4.39 Å². The first-order valence-corrected chi connectivity index (χ1v) is 6.25. The SMILES string of the molecule is COCc1ccc(C(O)c2cc(F)ccc2OC)cc1. The predicted octanol–water partition coefficient (Wildman–Crippen LogP) is 3.06. The lowest BCUT2D eigenvalue weighted by molar-refractivity contribution is 0.184. The minimum atomic E-state index is -0.933. The summed E-state index contributed by atoms with van der Waals surface area (Å²) in [6.07, 6.45) is -0.933. The molecule has 3 nitrogen and oxygen atoms in total. The molecule has 0 aromatic heterocycles. The van der Waals surface area contributed by atoms with Gasteiger partial charge in [0.1, 0.15) is 17.7 Å². The Hall–Kier alpha value is -1.91. The van der Waals surface area contributed by atoms with Gasteiger partial charge in [-0.2, -0.15) is 0 Å². The van der Waals surface area contributed by atoms with Gasteiger partial charge >= 0.3 is 0 Å². The molecular weight excluding hydrogens is 259 g/mol. The summed E-state index contributed by atoms with van der Waals surface area (Å²) in [7, 11) is 3.12. The molecule has 106 valence electrons. The zero-order chi connectivity index (χ0) is 14.5. The van der Waals surface area contributed by atoms with E-state index in [0.717, 1.165) is 5.56 Å². The molecule has 2 rings (SSSR count). The Kier molecular flexibility index (Phi) is 4.71. The largest absolute Gasteiger partial charge is 0.496 e. The van der Waals surface area contributed by atoms with E-state index in [2.05, 4.69) is 0 Å². The first-order valence-electron chi connectivity index (χ1n) is 6.25. The van der Waals surface area contributed by atoms with Crippen molar-refractivity contribution in [3.05, 3.63) is 65.0 Å². The Balaban J connectivity index is 2.30. The van der Waals surface area contributed by atoms with Gasteiger partial charge in [-0.15, -0.1) is 0 Å². The van der Waals surface area contributed by atoms with Crippen molar-refractivity contribution in [3.8, 4) is 5.75 Å². The van der Waals surface area contributed by atoms with Crippen LogP contribution in [0.4, 0.5) is 4.39 Å². The molecule has 4 heteroatoms. The number of aliphatic hydroxyl groups excluding tert-OH is 1. The molecule has 0 bridgehead atoms. The molecule has 1 atom stereocenters. The monoisotopic (exact) mass is 276 g/mol. The van der Waals surface area contributed by atoms with Crippen molar-refractivity contribution in [2.24, 2.45) is 0 Å². The van der Waals surface area contributed by atoms with E-state index >= 15 is 0 Å². The summed E-state index contributed by atoms with van der Waals surface area (Å²) < 4.78 is 23.5. The van der Waals surface area contributed by atoms with Crippen LogP contribution in [0.2, 0.25) is 0 Å². The van der Waals surface area contributed by atoms with E-state index in [4.69, 9.17) is 9.47 Å². The van der Waals surface area contributed by atoms with Crippen molar-refractivity contribution in [2.75, 3.05) is 14.2 Å². The summed E-state index contributed by atoms with van der Waals surface area (Å²) in [5.41, 5.74) is 2.09. The average Bonchev–Trinajstić information content (AvgIpc) is 2.47. The van der Waals surface area contributed by atoms with Crippen molar-refractivity contribution >= 4 is 0 Å². The van der Waals surface area contributed by atoms with Gasteiger partial charge in [0.25, 0.3) is 0 Å². The Labute approximate surface area is 117 Å². The number of methoxy groups -OCH3 is 2. The molecule has 2 aromatic rings. The molecule has 0 aliphatic carbocycles. The van der Waals surface area contributed by atoms with Gasteiger partial charge in [-0.1, -0.05) is 24.3 Å². The van der Waals surface area contributed by atoms with Crippen LogP contribution >= 0.6 is 0 Å². The van der Waals surface area contributed by atoms with Crippen LogP contribution in [0.1, 0.15) is 22.8 Å². The molecule has 0 aliphatic heterocycles. The molecule has 0 radical (unpaired) electrons. The normalized spacial score (nSPS) is 12.2. The topological polar surface area (TPSA) is 38.7 Å². The van der Waals surface area contributed by atoms with Crippen molar-refractivity contribution in [1.82, 2.24) is 0 Å². The molecular formula is C16H17FO3. The summed E-state index contributed by atoms with van der Waals surface area (Å²) in [5.74, 6) is 0.0516. The summed E-state index contributed by atoms with van der Waals surface area (Å²) in [4.78, 5) is 0. The highest BCUT2D eigenvalue weighted by Gasteiger charge is 2.16. The number of halogens is 1. The lowest BCUT2D eigenvalue weighted by Crippen LogP contribution is -2.03. The highest BCUT2D eigenvalue weighted by molar-refractivity contribution is 5.41. The predicted molar refractivity (Wildman–Crippen MR) is 74.2 cm³/mol. The summed E-state index contributed by atoms with van der Waals surface area (Å²) in [6, 6.07) is 11.4. The van der Waals surface area contributed by atoms with Gasteiger partial charge in [-0.3, -0.25) is 0 Å². The number of rotatable bonds is 5. The highest BCUT2D eigenvalue weighted by atomic mass is 19.1. The zero-order valence-electron chi connectivity index (χ0n) is 11.5. The minimum absolute atomic E-state index is 0.407. The quantitative estimate of drug-likeness (QED) is 0.912.